The van der Waals surface area contributed by atoms with Crippen molar-refractivity contribution in [3.63, 3.8) is 0 Å². The lowest BCUT2D eigenvalue weighted by molar-refractivity contribution is 1.18. The van der Waals surface area contributed by atoms with Crippen LogP contribution in [0.2, 0.25) is 0 Å². The first-order chi connectivity index (χ1) is 26.8. The Morgan fingerprint density at radius 1 is 0.278 bits per heavy atom. The third-order valence-electron chi connectivity index (χ3n) is 10.6. The van der Waals surface area contributed by atoms with Crippen molar-refractivity contribution in [2.75, 3.05) is 4.90 Å². The van der Waals surface area contributed by atoms with Gasteiger partial charge in [-0.2, -0.15) is 0 Å². The second kappa shape index (κ2) is 13.4. The molecule has 0 radical (unpaired) electrons. The number of hydrogen-bond acceptors (Lipinski definition) is 1. The summed E-state index contributed by atoms with van der Waals surface area (Å²) in [4.78, 5) is 2.33. The van der Waals surface area contributed by atoms with Gasteiger partial charge in [-0.1, -0.05) is 140 Å². The summed E-state index contributed by atoms with van der Waals surface area (Å²) >= 11 is 0. The van der Waals surface area contributed by atoms with E-state index in [0.717, 1.165) is 17.1 Å². The highest BCUT2D eigenvalue weighted by Crippen LogP contribution is 2.39. The average Bonchev–Trinajstić information content (AvgIpc) is 3.58. The van der Waals surface area contributed by atoms with Crippen molar-refractivity contribution >= 4 is 49.6 Å². The van der Waals surface area contributed by atoms with E-state index >= 15 is 0 Å². The van der Waals surface area contributed by atoms with Crippen LogP contribution in [0.1, 0.15) is 0 Å². The van der Waals surface area contributed by atoms with E-state index in [1.165, 1.54) is 71.6 Å². The normalized spacial score (nSPS) is 11.3. The van der Waals surface area contributed by atoms with Crippen LogP contribution in [0, 0.1) is 0 Å². The molecule has 2 heteroatoms. The minimum absolute atomic E-state index is 1.11. The van der Waals surface area contributed by atoms with Crippen LogP contribution < -0.4 is 4.90 Å². The fourth-order valence-corrected chi connectivity index (χ4v) is 7.89. The summed E-state index contributed by atoms with van der Waals surface area (Å²) in [6.07, 6.45) is 0. The molecule has 0 saturated heterocycles. The summed E-state index contributed by atoms with van der Waals surface area (Å²) in [7, 11) is 0. The summed E-state index contributed by atoms with van der Waals surface area (Å²) in [5.41, 5.74) is 14.2. The highest BCUT2D eigenvalue weighted by molar-refractivity contribution is 6.10. The van der Waals surface area contributed by atoms with E-state index in [1.807, 2.05) is 0 Å². The number of aromatic nitrogens is 1. The van der Waals surface area contributed by atoms with Gasteiger partial charge in [-0.25, -0.2) is 0 Å². The largest absolute Gasteiger partial charge is 0.311 e. The molecule has 0 N–H and O–H groups in total. The third kappa shape index (κ3) is 5.71. The molecule has 0 aliphatic rings. The molecule has 0 atom stereocenters. The van der Waals surface area contributed by atoms with E-state index in [4.69, 9.17) is 0 Å². The predicted octanol–water partition coefficient (Wildman–Crippen LogP) is 14.4. The topological polar surface area (TPSA) is 8.17 Å². The second-order valence-electron chi connectivity index (χ2n) is 13.8. The van der Waals surface area contributed by atoms with Crippen molar-refractivity contribution in [1.29, 1.82) is 0 Å². The molecule has 54 heavy (non-hydrogen) atoms. The molecular weight excluding hydrogens is 653 g/mol. The maximum absolute atomic E-state index is 2.36. The van der Waals surface area contributed by atoms with Crippen molar-refractivity contribution in [2.45, 2.75) is 0 Å². The molecule has 0 saturated carbocycles. The van der Waals surface area contributed by atoms with Crippen LogP contribution in [0.25, 0.3) is 71.6 Å². The quantitative estimate of drug-likeness (QED) is 0.162. The summed E-state index contributed by atoms with van der Waals surface area (Å²) in [6, 6.07) is 78.8. The SMILES string of the molecule is c1ccc(N(c2ccc(-c3cccc(-c4ccc5ccccc5c4)c3)cc2)c2ccc(-c3ccc4c(c3)c3ccccc3n4-c3ccccc3)cc2)cc1. The molecule has 0 bridgehead atoms. The summed E-state index contributed by atoms with van der Waals surface area (Å²) in [5.74, 6) is 0. The molecule has 254 valence electrons. The Balaban J connectivity index is 0.977. The number of nitrogens with zero attached hydrogens (tertiary/aromatic N) is 2. The van der Waals surface area contributed by atoms with Gasteiger partial charge in [0, 0.05) is 33.5 Å². The first kappa shape index (κ1) is 31.6. The van der Waals surface area contributed by atoms with Crippen LogP contribution in [-0.2, 0) is 0 Å². The maximum Gasteiger partial charge on any atom is 0.0541 e. The molecule has 1 aromatic heterocycles. The lowest BCUT2D eigenvalue weighted by Gasteiger charge is -2.26. The smallest absolute Gasteiger partial charge is 0.0541 e. The summed E-state index contributed by atoms with van der Waals surface area (Å²) in [6.45, 7) is 0. The van der Waals surface area contributed by atoms with Gasteiger partial charge in [0.15, 0.2) is 0 Å². The van der Waals surface area contributed by atoms with E-state index < -0.39 is 0 Å². The maximum atomic E-state index is 2.36. The van der Waals surface area contributed by atoms with E-state index in [2.05, 4.69) is 228 Å². The van der Waals surface area contributed by atoms with Crippen molar-refractivity contribution in [2.24, 2.45) is 0 Å². The number of anilines is 3. The van der Waals surface area contributed by atoms with Crippen molar-refractivity contribution < 1.29 is 0 Å². The predicted molar refractivity (Wildman–Crippen MR) is 229 cm³/mol. The Kier molecular flexibility index (Phi) is 7.85. The van der Waals surface area contributed by atoms with Gasteiger partial charge in [0.05, 0.1) is 11.0 Å². The molecule has 10 aromatic rings. The van der Waals surface area contributed by atoms with Gasteiger partial charge in [0.25, 0.3) is 0 Å². The van der Waals surface area contributed by atoms with Gasteiger partial charge >= 0.3 is 0 Å². The number of hydrogen-bond donors (Lipinski definition) is 0. The molecule has 10 rings (SSSR count). The van der Waals surface area contributed by atoms with E-state index in [0.29, 0.717) is 0 Å². The number of para-hydroxylation sites is 3. The number of benzene rings is 9. The first-order valence-electron chi connectivity index (χ1n) is 18.5. The lowest BCUT2D eigenvalue weighted by Crippen LogP contribution is -2.09. The highest BCUT2D eigenvalue weighted by Gasteiger charge is 2.15. The number of fused-ring (bicyclic) bond motifs is 4. The molecule has 0 amide bonds. The zero-order valence-corrected chi connectivity index (χ0v) is 29.7. The Morgan fingerprint density at radius 2 is 0.778 bits per heavy atom. The van der Waals surface area contributed by atoms with Crippen LogP contribution in [0.5, 0.6) is 0 Å². The molecule has 0 aliphatic carbocycles. The standard InChI is InChI=1S/C52H36N2/c1-3-16-45(17-4-1)53(47-29-24-38(25-30-47)41-14-11-15-42(34-41)43-23-22-37-12-7-8-13-40(37)35-43)48-31-26-39(27-32-48)44-28-33-52-50(36-44)49-20-9-10-21-51(49)54(52)46-18-5-2-6-19-46/h1-36H. The van der Waals surface area contributed by atoms with Gasteiger partial charge in [-0.3, -0.25) is 0 Å². The van der Waals surface area contributed by atoms with Crippen LogP contribution in [0.4, 0.5) is 17.1 Å². The van der Waals surface area contributed by atoms with Gasteiger partial charge in [-0.15, -0.1) is 0 Å². The molecule has 0 aliphatic heterocycles. The monoisotopic (exact) mass is 688 g/mol. The fraction of sp³-hybridized carbons (Fsp3) is 0. The zero-order chi connectivity index (χ0) is 35.8. The minimum atomic E-state index is 1.11. The molecule has 0 spiro atoms. The van der Waals surface area contributed by atoms with Crippen molar-refractivity contribution in [3.8, 4) is 39.1 Å². The molecule has 0 fully saturated rings. The van der Waals surface area contributed by atoms with Crippen molar-refractivity contribution in [1.82, 2.24) is 4.57 Å². The molecule has 2 nitrogen and oxygen atoms in total. The Morgan fingerprint density at radius 3 is 1.50 bits per heavy atom. The molecule has 1 heterocycles. The first-order valence-corrected chi connectivity index (χ1v) is 18.5. The van der Waals surface area contributed by atoms with Gasteiger partial charge in [-0.05, 0) is 123 Å². The molecule has 0 unspecified atom stereocenters. The Bertz CT molecular complexity index is 2910. The van der Waals surface area contributed by atoms with E-state index in [-0.39, 0.29) is 0 Å². The average molecular weight is 689 g/mol. The van der Waals surface area contributed by atoms with Crippen molar-refractivity contribution in [3.05, 3.63) is 218 Å². The summed E-state index contributed by atoms with van der Waals surface area (Å²) < 4.78 is 2.36. The van der Waals surface area contributed by atoms with Crippen LogP contribution in [0.3, 0.4) is 0 Å². The van der Waals surface area contributed by atoms with Crippen LogP contribution in [-0.4, -0.2) is 4.57 Å². The molecular formula is C52H36N2. The second-order valence-corrected chi connectivity index (χ2v) is 13.8. The molecule has 9 aromatic carbocycles. The van der Waals surface area contributed by atoms with Crippen LogP contribution >= 0.6 is 0 Å². The van der Waals surface area contributed by atoms with Gasteiger partial charge < -0.3 is 9.47 Å². The summed E-state index contributed by atoms with van der Waals surface area (Å²) in [5, 5.41) is 5.03. The third-order valence-corrected chi connectivity index (χ3v) is 10.6. The van der Waals surface area contributed by atoms with Gasteiger partial charge in [0.2, 0.25) is 0 Å². The van der Waals surface area contributed by atoms with Gasteiger partial charge in [0.1, 0.15) is 0 Å². The fourth-order valence-electron chi connectivity index (χ4n) is 7.89. The Hall–Kier alpha value is -7.16. The van der Waals surface area contributed by atoms with E-state index in [9.17, 15) is 0 Å². The lowest BCUT2D eigenvalue weighted by atomic mass is 9.97. The number of rotatable bonds is 7. The highest BCUT2D eigenvalue weighted by atomic mass is 15.1. The van der Waals surface area contributed by atoms with E-state index in [1.54, 1.807) is 0 Å². The minimum Gasteiger partial charge on any atom is -0.311 e. The Labute approximate surface area is 315 Å². The van der Waals surface area contributed by atoms with Crippen LogP contribution in [0.15, 0.2) is 218 Å². The zero-order valence-electron chi connectivity index (χ0n) is 29.7.